The Bertz CT molecular complexity index is 828. The fourth-order valence-corrected chi connectivity index (χ4v) is 3.53. The van der Waals surface area contributed by atoms with Crippen molar-refractivity contribution in [1.29, 1.82) is 0 Å². The molecule has 0 radical (unpaired) electrons. The minimum absolute atomic E-state index is 0.00411. The lowest BCUT2D eigenvalue weighted by molar-refractivity contribution is 0.0316. The summed E-state index contributed by atoms with van der Waals surface area (Å²) < 4.78 is 18.4. The smallest absolute Gasteiger partial charge is 0.350 e. The van der Waals surface area contributed by atoms with Crippen LogP contribution in [0.25, 0.3) is 11.2 Å². The van der Waals surface area contributed by atoms with E-state index in [-0.39, 0.29) is 23.6 Å². The molecule has 11 heteroatoms. The summed E-state index contributed by atoms with van der Waals surface area (Å²) in [5.41, 5.74) is 5.74. The average Bonchev–Trinajstić information content (AvgIpc) is 2.76. The molecule has 0 saturated heterocycles. The highest BCUT2D eigenvalue weighted by atomic mass is 31.2. The molecule has 10 nitrogen and oxygen atoms in total. The van der Waals surface area contributed by atoms with Gasteiger partial charge in [0, 0.05) is 0 Å². The molecule has 1 aliphatic rings. The van der Waals surface area contributed by atoms with Gasteiger partial charge in [-0.3, -0.25) is 14.3 Å². The maximum Gasteiger partial charge on any atom is 0.350 e. The number of nitrogen functional groups attached to an aromatic ring is 1. The largest absolute Gasteiger partial charge is 0.369 e. The van der Waals surface area contributed by atoms with Crippen molar-refractivity contribution in [3.05, 3.63) is 16.7 Å². The zero-order chi connectivity index (χ0) is 17.3. The molecule has 0 amide bonds. The van der Waals surface area contributed by atoms with Crippen LogP contribution in [0.2, 0.25) is 0 Å². The third-order valence-corrected chi connectivity index (χ3v) is 4.67. The van der Waals surface area contributed by atoms with Crippen molar-refractivity contribution in [2.24, 2.45) is 0 Å². The summed E-state index contributed by atoms with van der Waals surface area (Å²) in [5, 5.41) is 0. The lowest BCUT2D eigenvalue weighted by atomic mass is 10.1. The third-order valence-electron chi connectivity index (χ3n) is 4.18. The number of nitrogens with zero attached hydrogens (tertiary/aromatic N) is 3. The molecule has 1 aliphatic carbocycles. The molecule has 2 heterocycles. The highest BCUT2D eigenvalue weighted by molar-refractivity contribution is 7.51. The zero-order valence-electron chi connectivity index (χ0n) is 13.0. The number of hydrogen-bond acceptors (Lipinski definition) is 6. The Morgan fingerprint density at radius 3 is 2.88 bits per heavy atom. The predicted octanol–water partition coefficient (Wildman–Crippen LogP) is 0.727. The van der Waals surface area contributed by atoms with E-state index in [9.17, 15) is 9.36 Å². The van der Waals surface area contributed by atoms with E-state index in [0.29, 0.717) is 12.1 Å². The van der Waals surface area contributed by atoms with Gasteiger partial charge >= 0.3 is 7.60 Å². The van der Waals surface area contributed by atoms with Crippen molar-refractivity contribution < 1.29 is 19.1 Å². The summed E-state index contributed by atoms with van der Waals surface area (Å²) >= 11 is 0. The lowest BCUT2D eigenvalue weighted by Gasteiger charge is -2.27. The summed E-state index contributed by atoms with van der Waals surface area (Å²) in [6.07, 6.45) is 4.76. The number of aromatic amines is 1. The molecule has 2 atom stereocenters. The summed E-state index contributed by atoms with van der Waals surface area (Å²) in [6.45, 7) is 0. The van der Waals surface area contributed by atoms with Gasteiger partial charge in [0.25, 0.3) is 5.56 Å². The van der Waals surface area contributed by atoms with E-state index in [2.05, 4.69) is 15.0 Å². The molecule has 1 saturated carbocycles. The summed E-state index contributed by atoms with van der Waals surface area (Å²) in [4.78, 5) is 40.7. The zero-order valence-corrected chi connectivity index (χ0v) is 13.9. The van der Waals surface area contributed by atoms with Crippen LogP contribution in [0.5, 0.6) is 0 Å². The van der Waals surface area contributed by atoms with Gasteiger partial charge in [-0.2, -0.15) is 4.98 Å². The van der Waals surface area contributed by atoms with Gasteiger partial charge < -0.3 is 24.8 Å². The van der Waals surface area contributed by atoms with Crippen LogP contribution in [-0.2, 0) is 9.30 Å². The molecular formula is C13H20N5O5P. The second kappa shape index (κ2) is 6.64. The molecule has 0 aliphatic heterocycles. The number of hydrogen-bond donors (Lipinski definition) is 4. The summed E-state index contributed by atoms with van der Waals surface area (Å²) in [5.74, 6) is -0.00411. The minimum Gasteiger partial charge on any atom is -0.369 e. The van der Waals surface area contributed by atoms with Crippen molar-refractivity contribution in [3.63, 3.8) is 0 Å². The Morgan fingerprint density at radius 2 is 2.12 bits per heavy atom. The maximum atomic E-state index is 11.9. The number of rotatable bonds is 4. The molecule has 0 spiro atoms. The number of ether oxygens (including phenoxy) is 1. The van der Waals surface area contributed by atoms with Crippen molar-refractivity contribution in [1.82, 2.24) is 19.5 Å². The van der Waals surface area contributed by atoms with Crippen molar-refractivity contribution in [2.75, 3.05) is 12.1 Å². The topological polar surface area (TPSA) is 156 Å². The van der Waals surface area contributed by atoms with E-state index >= 15 is 0 Å². The molecule has 0 unspecified atom stereocenters. The molecule has 0 bridgehead atoms. The molecule has 3 rings (SSSR count). The van der Waals surface area contributed by atoms with E-state index in [1.807, 2.05) is 0 Å². The van der Waals surface area contributed by atoms with Gasteiger partial charge in [0.1, 0.15) is 6.35 Å². The Hall–Kier alpha value is -1.74. The number of anilines is 1. The first-order valence-corrected chi connectivity index (χ1v) is 9.53. The number of H-pyrrole nitrogens is 1. The van der Waals surface area contributed by atoms with Crippen LogP contribution in [0.15, 0.2) is 11.1 Å². The van der Waals surface area contributed by atoms with Crippen LogP contribution >= 0.6 is 7.60 Å². The molecule has 2 aromatic heterocycles. The number of aromatic nitrogens is 4. The van der Waals surface area contributed by atoms with E-state index in [4.69, 9.17) is 20.3 Å². The first-order chi connectivity index (χ1) is 11.3. The average molecular weight is 357 g/mol. The number of nitrogens with one attached hydrogen (secondary N) is 1. The van der Waals surface area contributed by atoms with Gasteiger partial charge in [0.2, 0.25) is 5.95 Å². The highest BCUT2D eigenvalue weighted by Gasteiger charge is 2.30. The van der Waals surface area contributed by atoms with Gasteiger partial charge in [-0.05, 0) is 12.8 Å². The second-order valence-electron chi connectivity index (χ2n) is 5.98. The third kappa shape index (κ3) is 3.67. The molecule has 132 valence electrons. The monoisotopic (exact) mass is 357 g/mol. The minimum atomic E-state index is -4.25. The quantitative estimate of drug-likeness (QED) is 0.461. The first kappa shape index (κ1) is 17.1. The second-order valence-corrected chi connectivity index (χ2v) is 7.57. The van der Waals surface area contributed by atoms with E-state index < -0.39 is 19.5 Å². The normalized spacial score (nSPS) is 22.6. The Balaban J connectivity index is 1.97. The van der Waals surface area contributed by atoms with Gasteiger partial charge in [-0.25, -0.2) is 4.98 Å². The van der Waals surface area contributed by atoms with E-state index in [0.717, 1.165) is 25.7 Å². The predicted molar refractivity (Wildman–Crippen MR) is 86.5 cm³/mol. The van der Waals surface area contributed by atoms with E-state index in [1.165, 1.54) is 6.33 Å². The van der Waals surface area contributed by atoms with Crippen LogP contribution in [0, 0.1) is 0 Å². The summed E-state index contributed by atoms with van der Waals surface area (Å²) in [7, 11) is -4.25. The van der Waals surface area contributed by atoms with Gasteiger partial charge in [0.05, 0.1) is 18.5 Å². The van der Waals surface area contributed by atoms with Crippen LogP contribution < -0.4 is 11.3 Å². The Labute approximate surface area is 137 Å². The SMILES string of the molecule is Nc1nc2c(ncn2[C@@H]2CCCCC[C@H]2OCP(=O)(O)O)c(=O)[nH]1. The number of fused-ring (bicyclic) bond motifs is 1. The van der Waals surface area contributed by atoms with Crippen LogP contribution in [0.3, 0.4) is 0 Å². The molecular weight excluding hydrogens is 337 g/mol. The fourth-order valence-electron chi connectivity index (χ4n) is 3.15. The van der Waals surface area contributed by atoms with Crippen molar-refractivity contribution >= 4 is 24.7 Å². The van der Waals surface area contributed by atoms with Crippen LogP contribution in [0.1, 0.15) is 38.1 Å². The highest BCUT2D eigenvalue weighted by Crippen LogP contribution is 2.38. The Kier molecular flexibility index (Phi) is 4.73. The van der Waals surface area contributed by atoms with Crippen molar-refractivity contribution in [3.8, 4) is 0 Å². The molecule has 1 fully saturated rings. The number of imidazole rings is 1. The van der Waals surface area contributed by atoms with Crippen LogP contribution in [-0.4, -0.2) is 41.8 Å². The first-order valence-electron chi connectivity index (χ1n) is 7.73. The summed E-state index contributed by atoms with van der Waals surface area (Å²) in [6, 6.07) is -0.210. The maximum absolute atomic E-state index is 11.9. The lowest BCUT2D eigenvalue weighted by Crippen LogP contribution is -2.27. The van der Waals surface area contributed by atoms with Crippen LogP contribution in [0.4, 0.5) is 5.95 Å². The Morgan fingerprint density at radius 1 is 1.38 bits per heavy atom. The van der Waals surface area contributed by atoms with Crippen molar-refractivity contribution in [2.45, 2.75) is 44.2 Å². The molecule has 24 heavy (non-hydrogen) atoms. The molecule has 5 N–H and O–H groups in total. The molecule has 2 aromatic rings. The van der Waals surface area contributed by atoms with E-state index in [1.54, 1.807) is 4.57 Å². The standard InChI is InChI=1S/C13H20N5O5P/c14-13-16-11-10(12(19)17-13)15-6-18(11)8-4-2-1-3-5-9(8)23-7-24(20,21)22/h6,8-9H,1-5,7H2,(H2,20,21,22)(H3,14,16,17,19)/t8-,9-/m1/s1. The van der Waals surface area contributed by atoms with Gasteiger partial charge in [-0.15, -0.1) is 0 Å². The number of nitrogens with two attached hydrogens (primary N) is 1. The van der Waals surface area contributed by atoms with Gasteiger partial charge in [0.15, 0.2) is 11.2 Å². The molecule has 0 aromatic carbocycles. The fraction of sp³-hybridized carbons (Fsp3) is 0.615. The van der Waals surface area contributed by atoms with Gasteiger partial charge in [-0.1, -0.05) is 19.3 Å².